The van der Waals surface area contributed by atoms with E-state index in [4.69, 9.17) is 4.74 Å². The predicted octanol–water partition coefficient (Wildman–Crippen LogP) is 1.22. The van der Waals surface area contributed by atoms with Crippen LogP contribution in [-0.4, -0.2) is 12.0 Å². The second-order valence-corrected chi connectivity index (χ2v) is 3.08. The second-order valence-electron chi connectivity index (χ2n) is 3.08. The molecule has 13 heavy (non-hydrogen) atoms. The summed E-state index contributed by atoms with van der Waals surface area (Å²) in [5, 5.41) is 2.76. The molecule has 0 aliphatic carbocycles. The van der Waals surface area contributed by atoms with Crippen molar-refractivity contribution in [2.45, 2.75) is 19.3 Å². The minimum absolute atomic E-state index is 0.0474. The molecule has 0 aromatic heterocycles. The number of rotatable bonds is 1. The van der Waals surface area contributed by atoms with Gasteiger partial charge in [0.25, 0.3) is 5.91 Å². The molecule has 1 aromatic carbocycles. The Labute approximate surface area is 76.7 Å². The summed E-state index contributed by atoms with van der Waals surface area (Å²) >= 11 is 0. The number of carbonyl (C=O) groups excluding carboxylic acids is 1. The van der Waals surface area contributed by atoms with E-state index in [2.05, 4.69) is 5.32 Å². The monoisotopic (exact) mass is 177 g/mol. The van der Waals surface area contributed by atoms with Crippen molar-refractivity contribution < 1.29 is 9.53 Å². The fourth-order valence-corrected chi connectivity index (χ4v) is 1.34. The highest BCUT2D eigenvalue weighted by atomic mass is 16.5. The summed E-state index contributed by atoms with van der Waals surface area (Å²) in [6.07, 6.45) is -0.617. The van der Waals surface area contributed by atoms with Gasteiger partial charge in [0.2, 0.25) is 0 Å². The average molecular weight is 177 g/mol. The van der Waals surface area contributed by atoms with Gasteiger partial charge < -0.3 is 10.1 Å². The number of nitrogens with one attached hydrogen (secondary N) is 1. The Morgan fingerprint density at radius 3 is 2.54 bits per heavy atom. The zero-order valence-electron chi connectivity index (χ0n) is 7.36. The van der Waals surface area contributed by atoms with E-state index in [1.807, 2.05) is 30.3 Å². The van der Waals surface area contributed by atoms with Crippen molar-refractivity contribution in [3.05, 3.63) is 35.9 Å². The van der Waals surface area contributed by atoms with E-state index in [0.717, 1.165) is 5.56 Å². The molecule has 3 heteroatoms. The smallest absolute Gasteiger partial charge is 0.251 e. The van der Waals surface area contributed by atoms with Crippen LogP contribution in [-0.2, 0) is 9.53 Å². The summed E-state index contributed by atoms with van der Waals surface area (Å²) in [5.74, 6) is -0.0474. The van der Waals surface area contributed by atoms with Crippen LogP contribution in [0.5, 0.6) is 0 Å². The first-order chi connectivity index (χ1) is 6.27. The Morgan fingerprint density at radius 1 is 1.31 bits per heavy atom. The lowest BCUT2D eigenvalue weighted by atomic mass is 10.2. The van der Waals surface area contributed by atoms with E-state index in [-0.39, 0.29) is 18.2 Å². The lowest BCUT2D eigenvalue weighted by Crippen LogP contribution is -2.22. The van der Waals surface area contributed by atoms with Crippen LogP contribution in [0, 0.1) is 0 Å². The van der Waals surface area contributed by atoms with E-state index >= 15 is 0 Å². The second kappa shape index (κ2) is 3.18. The molecular weight excluding hydrogens is 166 g/mol. The first kappa shape index (κ1) is 8.26. The average Bonchev–Trinajstić information content (AvgIpc) is 2.49. The maximum atomic E-state index is 11.1. The maximum Gasteiger partial charge on any atom is 0.251 e. The van der Waals surface area contributed by atoms with E-state index in [1.54, 1.807) is 6.92 Å². The first-order valence-electron chi connectivity index (χ1n) is 4.28. The van der Waals surface area contributed by atoms with Gasteiger partial charge in [-0.2, -0.15) is 0 Å². The number of hydrogen-bond acceptors (Lipinski definition) is 2. The van der Waals surface area contributed by atoms with E-state index in [9.17, 15) is 4.79 Å². The molecule has 68 valence electrons. The van der Waals surface area contributed by atoms with Gasteiger partial charge in [-0.05, 0) is 6.92 Å². The molecule has 0 bridgehead atoms. The van der Waals surface area contributed by atoms with Crippen molar-refractivity contribution in [2.24, 2.45) is 0 Å². The highest BCUT2D eigenvalue weighted by Crippen LogP contribution is 2.21. The number of hydrogen-bond donors (Lipinski definition) is 1. The van der Waals surface area contributed by atoms with Crippen LogP contribution >= 0.6 is 0 Å². The number of carbonyl (C=O) groups is 1. The van der Waals surface area contributed by atoms with Crippen molar-refractivity contribution in [2.75, 3.05) is 0 Å². The van der Waals surface area contributed by atoms with Crippen LogP contribution in [0.25, 0.3) is 0 Å². The number of benzene rings is 1. The molecule has 1 fully saturated rings. The van der Waals surface area contributed by atoms with Crippen molar-refractivity contribution in [3.8, 4) is 0 Å². The molecule has 2 atom stereocenters. The highest BCUT2D eigenvalue weighted by molar-refractivity contribution is 5.82. The van der Waals surface area contributed by atoms with Gasteiger partial charge in [-0.1, -0.05) is 30.3 Å². The van der Waals surface area contributed by atoms with E-state index in [1.165, 1.54) is 0 Å². The van der Waals surface area contributed by atoms with Crippen LogP contribution in [0.2, 0.25) is 0 Å². The fraction of sp³-hybridized carbons (Fsp3) is 0.300. The van der Waals surface area contributed by atoms with Gasteiger partial charge in [-0.15, -0.1) is 0 Å². The predicted molar refractivity (Wildman–Crippen MR) is 47.9 cm³/mol. The Hall–Kier alpha value is -1.35. The SMILES string of the molecule is CC1OC(c2ccccc2)NC1=O. The third-order valence-corrected chi connectivity index (χ3v) is 2.09. The summed E-state index contributed by atoms with van der Waals surface area (Å²) in [4.78, 5) is 11.1. The van der Waals surface area contributed by atoms with Crippen LogP contribution in [0.3, 0.4) is 0 Å². The Morgan fingerprint density at radius 2 is 2.00 bits per heavy atom. The normalized spacial score (nSPS) is 27.3. The van der Waals surface area contributed by atoms with Gasteiger partial charge in [-0.25, -0.2) is 0 Å². The number of amides is 1. The van der Waals surface area contributed by atoms with Crippen LogP contribution < -0.4 is 5.32 Å². The van der Waals surface area contributed by atoms with E-state index < -0.39 is 0 Å². The molecule has 0 saturated carbocycles. The standard InChI is InChI=1S/C10H11NO2/c1-7-9(12)11-10(13-7)8-5-3-2-4-6-8/h2-7,10H,1H3,(H,11,12). The molecule has 2 unspecified atom stereocenters. The zero-order valence-corrected chi connectivity index (χ0v) is 7.36. The van der Waals surface area contributed by atoms with Gasteiger partial charge in [0.05, 0.1) is 0 Å². The van der Waals surface area contributed by atoms with Crippen molar-refractivity contribution in [1.29, 1.82) is 0 Å². The molecule has 1 N–H and O–H groups in total. The van der Waals surface area contributed by atoms with Gasteiger partial charge >= 0.3 is 0 Å². The molecule has 3 nitrogen and oxygen atoms in total. The highest BCUT2D eigenvalue weighted by Gasteiger charge is 2.29. The lowest BCUT2D eigenvalue weighted by molar-refractivity contribution is -0.122. The molecular formula is C10H11NO2. The number of ether oxygens (including phenoxy) is 1. The molecule has 1 aromatic rings. The van der Waals surface area contributed by atoms with Gasteiger partial charge in [0.1, 0.15) is 6.10 Å². The Kier molecular flexibility index (Phi) is 2.02. The summed E-state index contributed by atoms with van der Waals surface area (Å²) in [5.41, 5.74) is 0.986. The van der Waals surface area contributed by atoms with Crippen molar-refractivity contribution in [3.63, 3.8) is 0 Å². The Bertz CT molecular complexity index is 310. The van der Waals surface area contributed by atoms with Crippen LogP contribution in [0.15, 0.2) is 30.3 Å². The summed E-state index contributed by atoms with van der Waals surface area (Å²) in [7, 11) is 0. The summed E-state index contributed by atoms with van der Waals surface area (Å²) in [6.45, 7) is 1.75. The third-order valence-electron chi connectivity index (χ3n) is 2.09. The first-order valence-corrected chi connectivity index (χ1v) is 4.28. The minimum atomic E-state index is -0.342. The molecule has 2 rings (SSSR count). The minimum Gasteiger partial charge on any atom is -0.341 e. The molecule has 1 aliphatic heterocycles. The van der Waals surface area contributed by atoms with Crippen LogP contribution in [0.1, 0.15) is 18.7 Å². The summed E-state index contributed by atoms with van der Waals surface area (Å²) < 4.78 is 5.40. The van der Waals surface area contributed by atoms with Crippen molar-refractivity contribution in [1.82, 2.24) is 5.32 Å². The topological polar surface area (TPSA) is 38.3 Å². The van der Waals surface area contributed by atoms with Gasteiger partial charge in [0, 0.05) is 5.56 Å². The van der Waals surface area contributed by atoms with Crippen molar-refractivity contribution >= 4 is 5.91 Å². The largest absolute Gasteiger partial charge is 0.341 e. The third kappa shape index (κ3) is 1.55. The lowest BCUT2D eigenvalue weighted by Gasteiger charge is -2.09. The molecule has 0 spiro atoms. The van der Waals surface area contributed by atoms with Crippen LogP contribution in [0.4, 0.5) is 0 Å². The molecule has 1 heterocycles. The summed E-state index contributed by atoms with van der Waals surface area (Å²) in [6, 6.07) is 9.65. The molecule has 1 amide bonds. The van der Waals surface area contributed by atoms with Gasteiger partial charge in [0.15, 0.2) is 6.23 Å². The fourth-order valence-electron chi connectivity index (χ4n) is 1.34. The van der Waals surface area contributed by atoms with E-state index in [0.29, 0.717) is 0 Å². The maximum absolute atomic E-state index is 11.1. The molecule has 1 aliphatic rings. The van der Waals surface area contributed by atoms with Gasteiger partial charge in [-0.3, -0.25) is 4.79 Å². The Balaban J connectivity index is 2.17. The molecule has 1 saturated heterocycles. The quantitative estimate of drug-likeness (QED) is 0.700. The molecule has 0 radical (unpaired) electrons. The zero-order chi connectivity index (χ0) is 9.26.